The van der Waals surface area contributed by atoms with E-state index in [1.165, 1.54) is 23.1 Å². The molecule has 0 atom stereocenters. The molecule has 0 spiro atoms. The Morgan fingerprint density at radius 3 is 1.45 bits per heavy atom. The highest BCUT2D eigenvalue weighted by atomic mass is 32.2. The summed E-state index contributed by atoms with van der Waals surface area (Å²) >= 11 is 4.93. The monoisotopic (exact) mass is 1560 g/mol. The maximum atomic E-state index is 14.7. The first-order valence-electron chi connectivity index (χ1n) is 34.7. The zero-order chi connectivity index (χ0) is 79.1. The first-order chi connectivity index (χ1) is 49.2. The van der Waals surface area contributed by atoms with Gasteiger partial charge in [0, 0.05) is 84.8 Å². The molecule has 0 aliphatic carbocycles. The second kappa shape index (κ2) is 39.7. The second-order valence-electron chi connectivity index (χ2n) is 29.3. The third kappa shape index (κ3) is 33.4. The van der Waals surface area contributed by atoms with E-state index in [-0.39, 0.29) is 102 Å². The number of aliphatic imine (C=N–C) groups is 1. The number of hydrogen-bond acceptors (Lipinski definition) is 20. The topological polar surface area (TPSA) is 300 Å². The average Bonchev–Trinajstić information content (AvgIpc) is 0.805. The predicted molar refractivity (Wildman–Crippen MR) is 407 cm³/mol. The zero-order valence-electron chi connectivity index (χ0n) is 62.4. The van der Waals surface area contributed by atoms with Crippen LogP contribution in [-0.4, -0.2) is 104 Å². The maximum Gasteiger partial charge on any atom is 0.435 e. The summed E-state index contributed by atoms with van der Waals surface area (Å²) in [4.78, 5) is 118. The van der Waals surface area contributed by atoms with Crippen molar-refractivity contribution in [1.29, 1.82) is 0 Å². The quantitative estimate of drug-likeness (QED) is 0.00498. The van der Waals surface area contributed by atoms with Gasteiger partial charge in [0.15, 0.2) is 5.13 Å². The molecule has 0 saturated heterocycles. The molecule has 580 valence electrons. The van der Waals surface area contributed by atoms with E-state index in [1.54, 1.807) is 101 Å². The number of carbonyl (C=O) groups excluding carboxylic acids is 8. The van der Waals surface area contributed by atoms with Crippen molar-refractivity contribution in [2.24, 2.45) is 4.99 Å². The van der Waals surface area contributed by atoms with Gasteiger partial charge in [-0.05, 0) is 210 Å². The summed E-state index contributed by atoms with van der Waals surface area (Å²) in [6.45, 7) is 26.0. The summed E-state index contributed by atoms with van der Waals surface area (Å²) < 4.78 is 110. The van der Waals surface area contributed by atoms with Gasteiger partial charge >= 0.3 is 36.7 Å². The number of nitrogens with one attached hydrogen (secondary N) is 3. The highest BCUT2D eigenvalue weighted by Gasteiger charge is 2.35. The molecule has 20 nitrogen and oxygen atoms in total. The van der Waals surface area contributed by atoms with Gasteiger partial charge in [-0.3, -0.25) is 29.8 Å². The molecule has 2 aromatic heterocycles. The number of nitrogen functional groups attached to an aromatic ring is 2. The predicted octanol–water partition coefficient (Wildman–Crippen LogP) is 18.6. The van der Waals surface area contributed by atoms with Gasteiger partial charge in [0.05, 0.1) is 38.0 Å². The lowest BCUT2D eigenvalue weighted by molar-refractivity contribution is -0.138. The average molecular weight is 1560 g/mol. The number of Topliss-reactive ketones (excluding diaryl/α,β-unsaturated/α-hetero) is 4. The number of amidine groups is 1. The number of ether oxygens (including phenoxy) is 4. The number of benzene rings is 4. The van der Waals surface area contributed by atoms with Gasteiger partial charge in [0.2, 0.25) is 0 Å². The zero-order valence-corrected chi connectivity index (χ0v) is 65.7. The number of ketones is 4. The minimum absolute atomic E-state index is 0.00338. The van der Waals surface area contributed by atoms with Gasteiger partial charge < -0.3 is 35.7 Å². The van der Waals surface area contributed by atoms with Crippen molar-refractivity contribution in [3.63, 3.8) is 0 Å². The molecule has 6 aromatic rings. The van der Waals surface area contributed by atoms with Crippen LogP contribution >= 0.6 is 46.2 Å². The van der Waals surface area contributed by atoms with Crippen LogP contribution in [0.3, 0.4) is 0 Å². The number of nitrogens with zero attached hydrogens (tertiary/aromatic N) is 3. The number of unbranched alkanes of at least 4 members (excludes halogenated alkanes) is 4. The highest BCUT2D eigenvalue weighted by Crippen LogP contribution is 2.40. The van der Waals surface area contributed by atoms with E-state index < -0.39 is 100 Å². The summed E-state index contributed by atoms with van der Waals surface area (Å²) in [7, 11) is 0. The molecule has 106 heavy (non-hydrogen) atoms. The second-order valence-corrected chi connectivity index (χ2v) is 33.7. The van der Waals surface area contributed by atoms with Crippen LogP contribution in [0.4, 0.5) is 56.3 Å². The largest absolute Gasteiger partial charge is 0.444 e. The molecule has 4 amide bonds. The van der Waals surface area contributed by atoms with Crippen LogP contribution in [0.1, 0.15) is 205 Å². The summed E-state index contributed by atoms with van der Waals surface area (Å²) in [5.41, 5.74) is 9.26. The number of aromatic nitrogens is 2. The Bertz CT molecular complexity index is 4130. The summed E-state index contributed by atoms with van der Waals surface area (Å²) in [5.74, 6) is -0.970. The number of nitrogens with two attached hydrogens (primary N) is 2. The number of allylic oxidation sites excluding steroid dienone is 1. The molecule has 0 bridgehead atoms. The van der Waals surface area contributed by atoms with Crippen LogP contribution < -0.4 is 27.4 Å². The number of alkyl halides is 6. The molecule has 0 unspecified atom stereocenters. The fourth-order valence-corrected chi connectivity index (χ4v) is 14.3. The number of halogens is 6. The van der Waals surface area contributed by atoms with Crippen LogP contribution in [-0.2, 0) is 89.0 Å². The Hall–Kier alpha value is -8.09. The van der Waals surface area contributed by atoms with Crippen molar-refractivity contribution in [3.05, 3.63) is 117 Å². The van der Waals surface area contributed by atoms with E-state index in [4.69, 9.17) is 30.4 Å². The van der Waals surface area contributed by atoms with Crippen molar-refractivity contribution >= 4 is 131 Å². The molecule has 0 saturated carbocycles. The first-order valence-corrected chi connectivity index (χ1v) is 38.3. The van der Waals surface area contributed by atoms with Gasteiger partial charge in [-0.15, -0.1) is 34.9 Å². The fraction of sp³-hybridized carbons (Fsp3) is 0.513. The normalized spacial score (nSPS) is 12.3. The standard InChI is InChI=1S/C69H91F6N5O12S3.C7H7N3S/c1-15-29-93-58-44(37-50(81)23-19-16-18-22-42(2)77-61(86)90-65(6,7)8)33-48(68(70,71)72)35-46(58)39-52(83)31-43-26-27-54-55(32-43)95-57(78-54)41-53(84)40-47-36-49(69(73,74)75)34-45(59(47)94-30-28-76-60(85)89-64(3,4)5)38-51(82)24-20-17-21-25-56(79-62(87)91-66(9,10)11)80-63(88)92-67(12,13)14;8-4-1-2-5-6(3-4)11-7(9)10-5/h26-27,32-36H,2,15-25,28-31,37-41H2,1,3-14H3,(H,76,85)(H,77,86)(H,79,80,87,88);1-3H,8H2,(H2,9,10). The Kier molecular flexibility index (Phi) is 33.1. The third-order valence-electron chi connectivity index (χ3n) is 14.6. The van der Waals surface area contributed by atoms with E-state index in [9.17, 15) is 64.7 Å². The fourth-order valence-electron chi connectivity index (χ4n) is 10.4. The van der Waals surface area contributed by atoms with Crippen LogP contribution in [0.5, 0.6) is 0 Å². The Balaban J connectivity index is 0.00000166. The lowest BCUT2D eigenvalue weighted by Gasteiger charge is -2.20. The first kappa shape index (κ1) is 88.5. The third-order valence-corrected chi connectivity index (χ3v) is 19.1. The Labute approximate surface area is 631 Å². The van der Waals surface area contributed by atoms with Gasteiger partial charge in [-0.1, -0.05) is 43.7 Å². The molecule has 6 rings (SSSR count). The van der Waals surface area contributed by atoms with Crippen molar-refractivity contribution in [2.75, 3.05) is 29.5 Å². The Morgan fingerprint density at radius 1 is 0.500 bits per heavy atom. The Morgan fingerprint density at radius 2 is 0.943 bits per heavy atom. The van der Waals surface area contributed by atoms with E-state index in [0.717, 1.165) is 63.3 Å². The summed E-state index contributed by atoms with van der Waals surface area (Å²) in [5, 5.41) is 8.60. The molecule has 4 aromatic carbocycles. The van der Waals surface area contributed by atoms with Crippen molar-refractivity contribution in [1.82, 2.24) is 25.9 Å². The molecule has 0 fully saturated rings. The number of amides is 4. The number of fused-ring (bicyclic) bond motifs is 2. The van der Waals surface area contributed by atoms with Crippen LogP contribution in [0.2, 0.25) is 0 Å². The molecule has 7 N–H and O–H groups in total. The summed E-state index contributed by atoms with van der Waals surface area (Å²) in [6, 6.07) is 14.3. The number of rotatable bonds is 32. The molecule has 0 radical (unpaired) electrons. The molecular weight excluding hydrogens is 1460 g/mol. The minimum atomic E-state index is -4.88. The van der Waals surface area contributed by atoms with Gasteiger partial charge in [-0.2, -0.15) is 31.3 Å². The number of thioether (sulfide) groups is 2. The van der Waals surface area contributed by atoms with E-state index in [0.29, 0.717) is 87.2 Å². The molecule has 2 heterocycles. The molecular formula is C76H98F6N8O12S4. The smallest absolute Gasteiger partial charge is 0.435 e. The van der Waals surface area contributed by atoms with Crippen LogP contribution in [0.25, 0.3) is 20.4 Å². The van der Waals surface area contributed by atoms with Crippen molar-refractivity contribution in [3.8, 4) is 0 Å². The highest BCUT2D eigenvalue weighted by molar-refractivity contribution is 7.99. The number of alkyl carbamates (subject to hydrolysis) is 3. The van der Waals surface area contributed by atoms with Gasteiger partial charge in [0.25, 0.3) is 0 Å². The number of anilines is 2. The van der Waals surface area contributed by atoms with Gasteiger partial charge in [0.1, 0.15) is 56.4 Å². The van der Waals surface area contributed by atoms with Crippen LogP contribution in [0, 0.1) is 0 Å². The van der Waals surface area contributed by atoms with Crippen molar-refractivity contribution in [2.45, 2.75) is 244 Å². The van der Waals surface area contributed by atoms with E-state index in [1.807, 2.05) is 25.1 Å². The number of thiazole rings is 2. The van der Waals surface area contributed by atoms with E-state index >= 15 is 0 Å². The molecule has 0 aliphatic rings. The lowest BCUT2D eigenvalue weighted by atomic mass is 9.95. The van der Waals surface area contributed by atoms with Crippen LogP contribution in [0.15, 0.2) is 87.7 Å². The van der Waals surface area contributed by atoms with Gasteiger partial charge in [-0.25, -0.2) is 29.1 Å². The SMILES string of the molecule is C=C(CCCCCC(=O)Cc1cc(C(F)(F)F)cc(CC(=O)Cc2ccc3nc(CC(=O)Cc4cc(C(F)(F)F)cc(CC(=O)CCCCCC(=NC(=O)OC(C)(C)C)NC(=O)OC(C)(C)C)c4SCCNC(=O)OC(C)(C)C)sc3c2)c1SCCC)NC(=O)OC(C)(C)C.Nc1ccc2nc(N)sc2c1. The van der Waals surface area contributed by atoms with E-state index in [2.05, 4.69) is 37.5 Å². The molecule has 30 heteroatoms. The number of hydrogen-bond donors (Lipinski definition) is 5. The lowest BCUT2D eigenvalue weighted by Crippen LogP contribution is -2.37. The summed E-state index contributed by atoms with van der Waals surface area (Å²) in [6.07, 6.45) is -10.9. The molecule has 0 aliphatic heterocycles. The number of carbonyl (C=O) groups is 8. The maximum absolute atomic E-state index is 14.7. The minimum Gasteiger partial charge on any atom is -0.444 e. The van der Waals surface area contributed by atoms with Crippen molar-refractivity contribution < 1.29 is 83.6 Å².